The quantitative estimate of drug-likeness (QED) is 0.431. The fraction of sp³-hybridized carbons (Fsp3) is 0.548. The van der Waals surface area contributed by atoms with Gasteiger partial charge >= 0.3 is 0 Å². The summed E-state index contributed by atoms with van der Waals surface area (Å²) in [7, 11) is 0. The lowest BCUT2D eigenvalue weighted by atomic mass is 9.83. The lowest BCUT2D eigenvalue weighted by Gasteiger charge is -2.44. The van der Waals surface area contributed by atoms with Crippen molar-refractivity contribution in [2.24, 2.45) is 11.8 Å². The molecule has 3 nitrogen and oxygen atoms in total. The lowest BCUT2D eigenvalue weighted by Crippen LogP contribution is -2.47. The van der Waals surface area contributed by atoms with E-state index >= 15 is 8.78 Å². The first-order chi connectivity index (χ1) is 17.6. The molecule has 6 heteroatoms. The topological polar surface area (TPSA) is 32.7 Å². The third kappa shape index (κ3) is 5.46. The molecule has 1 aliphatic heterocycles. The second-order valence-electron chi connectivity index (χ2n) is 11.9. The minimum absolute atomic E-state index is 0.0214. The van der Waals surface area contributed by atoms with Gasteiger partial charge in [0.1, 0.15) is 23.1 Å². The summed E-state index contributed by atoms with van der Waals surface area (Å²) in [4.78, 5) is 1.94. The maximum absolute atomic E-state index is 15.8. The van der Waals surface area contributed by atoms with Crippen LogP contribution >= 0.6 is 0 Å². The molecule has 0 unspecified atom stereocenters. The molecule has 200 valence electrons. The fourth-order valence-corrected chi connectivity index (χ4v) is 6.55. The van der Waals surface area contributed by atoms with Gasteiger partial charge in [0.2, 0.25) is 0 Å². The van der Waals surface area contributed by atoms with Crippen LogP contribution in [-0.4, -0.2) is 41.5 Å². The highest BCUT2D eigenvalue weighted by atomic mass is 19.1. The van der Waals surface area contributed by atoms with E-state index in [2.05, 4.69) is 12.1 Å². The number of benzene rings is 2. The second-order valence-corrected chi connectivity index (χ2v) is 11.9. The maximum atomic E-state index is 15.8. The van der Waals surface area contributed by atoms with Crippen molar-refractivity contribution in [1.29, 1.82) is 0 Å². The Kier molecular flexibility index (Phi) is 7.43. The van der Waals surface area contributed by atoms with Crippen molar-refractivity contribution >= 4 is 5.57 Å². The monoisotopic (exact) mass is 513 g/mol. The van der Waals surface area contributed by atoms with Crippen LogP contribution in [-0.2, 0) is 6.42 Å². The lowest BCUT2D eigenvalue weighted by molar-refractivity contribution is 0.0676. The summed E-state index contributed by atoms with van der Waals surface area (Å²) in [5.74, 6) is -0.445. The molecule has 2 aromatic rings. The molecule has 0 amide bonds. The van der Waals surface area contributed by atoms with E-state index in [1.807, 2.05) is 24.0 Å². The maximum Gasteiger partial charge on any atom is 0.134 e. The third-order valence-electron chi connectivity index (χ3n) is 8.43. The normalized spacial score (nSPS) is 26.2. The average Bonchev–Trinajstić information content (AvgIpc) is 3.21. The van der Waals surface area contributed by atoms with E-state index in [0.29, 0.717) is 24.9 Å². The second kappa shape index (κ2) is 10.5. The molecule has 0 radical (unpaired) electrons. The van der Waals surface area contributed by atoms with Crippen LogP contribution in [0.15, 0.2) is 42.0 Å². The number of aliphatic hydroxyl groups is 1. The van der Waals surface area contributed by atoms with Gasteiger partial charge in [-0.25, -0.2) is 13.2 Å². The van der Waals surface area contributed by atoms with E-state index in [1.54, 1.807) is 0 Å². The molecule has 5 rings (SSSR count). The Morgan fingerprint density at radius 2 is 1.68 bits per heavy atom. The van der Waals surface area contributed by atoms with E-state index in [4.69, 9.17) is 4.74 Å². The smallest absolute Gasteiger partial charge is 0.134 e. The average molecular weight is 514 g/mol. The molecular formula is C31H38F3NO2. The molecule has 2 aliphatic carbocycles. The summed E-state index contributed by atoms with van der Waals surface area (Å²) >= 11 is 0. The number of aliphatic hydroxyl groups excluding tert-OH is 1. The Bertz CT molecular complexity index is 1140. The Hall–Kier alpha value is -2.31. The van der Waals surface area contributed by atoms with Crippen LogP contribution in [0, 0.1) is 23.5 Å². The standard InChI is InChI=1S/C31H38F3NO2/c1-19-12-25-24-7-5-4-6-22(24)13-26(25)30(35(19)18-31(2,3)34)29-27(32)14-23(15-28(29)33)37-17-21-10-8-20(16-36)9-11-21/h4-7,14-15,19-21,30,36H,8-13,16-18H2,1-3H3/t19-,20?,21?,30+/m1/s1. The number of hydrogen-bond donors (Lipinski definition) is 1. The minimum Gasteiger partial charge on any atom is -0.493 e. The molecule has 1 heterocycles. The van der Waals surface area contributed by atoms with Gasteiger partial charge in [-0.15, -0.1) is 0 Å². The molecule has 0 spiro atoms. The van der Waals surface area contributed by atoms with Gasteiger partial charge in [-0.05, 0) is 93.4 Å². The van der Waals surface area contributed by atoms with Gasteiger partial charge in [0.25, 0.3) is 0 Å². The van der Waals surface area contributed by atoms with Crippen molar-refractivity contribution in [3.05, 3.63) is 70.3 Å². The summed E-state index contributed by atoms with van der Waals surface area (Å²) in [5, 5.41) is 9.34. The molecule has 1 fully saturated rings. The fourth-order valence-electron chi connectivity index (χ4n) is 6.55. The zero-order valence-corrected chi connectivity index (χ0v) is 22.1. The third-order valence-corrected chi connectivity index (χ3v) is 8.43. The van der Waals surface area contributed by atoms with Gasteiger partial charge in [-0.1, -0.05) is 24.3 Å². The zero-order chi connectivity index (χ0) is 26.3. The molecule has 2 aromatic carbocycles. The van der Waals surface area contributed by atoms with Crippen LogP contribution in [0.2, 0.25) is 0 Å². The molecule has 0 aromatic heterocycles. The van der Waals surface area contributed by atoms with Crippen molar-refractivity contribution in [2.45, 2.75) is 77.0 Å². The van der Waals surface area contributed by atoms with Crippen molar-refractivity contribution in [3.63, 3.8) is 0 Å². The van der Waals surface area contributed by atoms with Crippen LogP contribution < -0.4 is 4.74 Å². The van der Waals surface area contributed by atoms with Crippen molar-refractivity contribution in [2.75, 3.05) is 19.8 Å². The largest absolute Gasteiger partial charge is 0.493 e. The van der Waals surface area contributed by atoms with Gasteiger partial charge in [0.15, 0.2) is 0 Å². The molecule has 2 atom stereocenters. The molecular weight excluding hydrogens is 475 g/mol. The van der Waals surface area contributed by atoms with Gasteiger partial charge in [-0.3, -0.25) is 4.90 Å². The Morgan fingerprint density at radius 3 is 2.32 bits per heavy atom. The summed E-state index contributed by atoms with van der Waals surface area (Å²) < 4.78 is 52.4. The minimum atomic E-state index is -1.51. The predicted octanol–water partition coefficient (Wildman–Crippen LogP) is 7.04. The van der Waals surface area contributed by atoms with Crippen LogP contribution in [0.25, 0.3) is 5.57 Å². The first kappa shape index (κ1) is 26.3. The SMILES string of the molecule is C[C@@H]1CC2=C(Cc3ccccc32)[C@@H](c2c(F)cc(OCC3CCC(CO)CC3)cc2F)N1CC(C)(C)F. The molecule has 1 N–H and O–H groups in total. The molecule has 1 saturated carbocycles. The predicted molar refractivity (Wildman–Crippen MR) is 140 cm³/mol. The van der Waals surface area contributed by atoms with E-state index in [-0.39, 0.29) is 30.5 Å². The number of halogens is 3. The van der Waals surface area contributed by atoms with E-state index in [1.165, 1.54) is 26.0 Å². The highest BCUT2D eigenvalue weighted by molar-refractivity contribution is 5.79. The first-order valence-corrected chi connectivity index (χ1v) is 13.6. The number of fused-ring (bicyclic) bond motifs is 2. The summed E-state index contributed by atoms with van der Waals surface area (Å²) in [5.41, 5.74) is 2.87. The highest BCUT2D eigenvalue weighted by Gasteiger charge is 2.43. The summed E-state index contributed by atoms with van der Waals surface area (Å²) in [6.07, 6.45) is 5.13. The van der Waals surface area contributed by atoms with E-state index in [0.717, 1.165) is 54.4 Å². The number of alkyl halides is 1. The number of ether oxygens (including phenoxy) is 1. The Labute approximate surface area is 218 Å². The Morgan fingerprint density at radius 1 is 1.03 bits per heavy atom. The summed E-state index contributed by atoms with van der Waals surface area (Å²) in [6.45, 7) is 5.75. The van der Waals surface area contributed by atoms with E-state index < -0.39 is 23.3 Å². The Balaban J connectivity index is 1.45. The van der Waals surface area contributed by atoms with Gasteiger partial charge < -0.3 is 9.84 Å². The van der Waals surface area contributed by atoms with Crippen LogP contribution in [0.3, 0.4) is 0 Å². The first-order valence-electron chi connectivity index (χ1n) is 13.6. The van der Waals surface area contributed by atoms with Gasteiger partial charge in [0, 0.05) is 36.9 Å². The van der Waals surface area contributed by atoms with Crippen LogP contribution in [0.5, 0.6) is 5.75 Å². The molecule has 0 saturated heterocycles. The molecule has 37 heavy (non-hydrogen) atoms. The van der Waals surface area contributed by atoms with E-state index in [9.17, 15) is 9.50 Å². The van der Waals surface area contributed by atoms with Crippen molar-refractivity contribution in [1.82, 2.24) is 4.90 Å². The molecule has 0 bridgehead atoms. The van der Waals surface area contributed by atoms with Crippen molar-refractivity contribution in [3.8, 4) is 5.75 Å². The number of nitrogens with zero attached hydrogens (tertiary/aromatic N) is 1. The van der Waals surface area contributed by atoms with Crippen LogP contribution in [0.1, 0.15) is 75.6 Å². The highest BCUT2D eigenvalue weighted by Crippen LogP contribution is 2.50. The van der Waals surface area contributed by atoms with Gasteiger partial charge in [0.05, 0.1) is 12.6 Å². The van der Waals surface area contributed by atoms with Gasteiger partial charge in [-0.2, -0.15) is 0 Å². The summed E-state index contributed by atoms with van der Waals surface area (Å²) in [6, 6.07) is 9.95. The zero-order valence-electron chi connectivity index (χ0n) is 22.1. The van der Waals surface area contributed by atoms with Crippen LogP contribution in [0.4, 0.5) is 13.2 Å². The number of hydrogen-bond acceptors (Lipinski definition) is 3. The van der Waals surface area contributed by atoms with Crippen molar-refractivity contribution < 1.29 is 23.0 Å². The molecule has 3 aliphatic rings. The number of rotatable bonds is 7.